The Kier molecular flexibility index (Phi) is 6.64. The number of sulfonamides is 1. The molecule has 5 N–H and O–H groups in total. The van der Waals surface area contributed by atoms with Gasteiger partial charge in [0.15, 0.2) is 5.96 Å². The fourth-order valence-corrected chi connectivity index (χ4v) is 5.42. The lowest BCUT2D eigenvalue weighted by atomic mass is 9.82. The van der Waals surface area contributed by atoms with Crippen LogP contribution in [0.4, 0.5) is 5.69 Å². The number of nitrogens with one attached hydrogen (secondary N) is 3. The number of rotatable bonds is 7. The normalized spacial score (nSPS) is 19.8. The largest absolute Gasteiger partial charge is 0.377 e. The summed E-state index contributed by atoms with van der Waals surface area (Å²) in [4.78, 5) is 2.32. The van der Waals surface area contributed by atoms with Crippen LogP contribution in [0.15, 0.2) is 41.3 Å². The molecule has 0 spiro atoms. The molecule has 8 heteroatoms. The van der Waals surface area contributed by atoms with Crippen molar-refractivity contribution in [2.24, 2.45) is 17.6 Å². The van der Waals surface area contributed by atoms with Crippen molar-refractivity contribution in [2.75, 3.05) is 32.1 Å². The van der Waals surface area contributed by atoms with Gasteiger partial charge >= 0.3 is 0 Å². The van der Waals surface area contributed by atoms with Gasteiger partial charge in [0.2, 0.25) is 10.0 Å². The van der Waals surface area contributed by atoms with Gasteiger partial charge in [-0.2, -0.15) is 0 Å². The maximum atomic E-state index is 13.0. The number of fused-ring (bicyclic) bond motifs is 1. The van der Waals surface area contributed by atoms with Crippen molar-refractivity contribution in [3.05, 3.63) is 36.4 Å². The molecule has 0 unspecified atom stereocenters. The highest BCUT2D eigenvalue weighted by atomic mass is 32.2. The predicted octanol–water partition coefficient (Wildman–Crippen LogP) is 2.47. The zero-order valence-electron chi connectivity index (χ0n) is 17.1. The zero-order valence-corrected chi connectivity index (χ0v) is 17.9. The van der Waals surface area contributed by atoms with Crippen LogP contribution in [0.5, 0.6) is 0 Å². The third-order valence-corrected chi connectivity index (χ3v) is 7.22. The molecular weight excluding hydrogens is 386 g/mol. The standard InChI is InChI=1S/C21H31N5O2S/c1-26(2)19-7-3-6-18-17(19)5-4-8-20(18)29(27,28)25-14-16-11-9-15(10-12-16)13-24-21(22)23/h3-8,15-16,25H,9-14H2,1-2H3,(H4,22,23,24)/t15-,16-. The molecule has 1 fully saturated rings. The Bertz CT molecular complexity index is 966. The molecule has 3 rings (SSSR count). The molecule has 2 aromatic carbocycles. The maximum Gasteiger partial charge on any atom is 0.241 e. The van der Waals surface area contributed by atoms with E-state index in [1.54, 1.807) is 12.1 Å². The van der Waals surface area contributed by atoms with Crippen molar-refractivity contribution in [1.82, 2.24) is 10.0 Å². The highest BCUT2D eigenvalue weighted by Crippen LogP contribution is 2.31. The minimum Gasteiger partial charge on any atom is -0.377 e. The Morgan fingerprint density at radius 3 is 2.24 bits per heavy atom. The van der Waals surface area contributed by atoms with Gasteiger partial charge in [-0.3, -0.25) is 5.41 Å². The average molecular weight is 418 g/mol. The van der Waals surface area contributed by atoms with Gasteiger partial charge in [0.1, 0.15) is 0 Å². The lowest BCUT2D eigenvalue weighted by Gasteiger charge is -2.28. The minimum atomic E-state index is -3.59. The summed E-state index contributed by atoms with van der Waals surface area (Å²) in [5.74, 6) is 0.840. The van der Waals surface area contributed by atoms with Crippen molar-refractivity contribution in [3.63, 3.8) is 0 Å². The fraction of sp³-hybridized carbons (Fsp3) is 0.476. The highest BCUT2D eigenvalue weighted by Gasteiger charge is 2.24. The third-order valence-electron chi connectivity index (χ3n) is 5.74. The van der Waals surface area contributed by atoms with E-state index in [1.807, 2.05) is 43.3 Å². The molecule has 0 bridgehead atoms. The van der Waals surface area contributed by atoms with Crippen LogP contribution in [0, 0.1) is 17.2 Å². The monoisotopic (exact) mass is 417 g/mol. The van der Waals surface area contributed by atoms with Crippen LogP contribution in [-0.4, -0.2) is 41.6 Å². The fourth-order valence-electron chi connectivity index (χ4n) is 4.09. The zero-order chi connectivity index (χ0) is 21.0. The van der Waals surface area contributed by atoms with E-state index < -0.39 is 10.0 Å². The minimum absolute atomic E-state index is 0.00685. The van der Waals surface area contributed by atoms with Crippen molar-refractivity contribution in [1.29, 1.82) is 5.41 Å². The first-order valence-electron chi connectivity index (χ1n) is 10.0. The maximum absolute atomic E-state index is 13.0. The number of hydrogen-bond donors (Lipinski definition) is 4. The van der Waals surface area contributed by atoms with E-state index in [0.717, 1.165) is 48.7 Å². The molecule has 0 amide bonds. The van der Waals surface area contributed by atoms with Crippen molar-refractivity contribution in [2.45, 2.75) is 30.6 Å². The van der Waals surface area contributed by atoms with Crippen LogP contribution in [0.1, 0.15) is 25.7 Å². The summed E-state index contributed by atoms with van der Waals surface area (Å²) in [5, 5.41) is 11.8. The molecule has 2 aromatic rings. The van der Waals surface area contributed by atoms with Gasteiger partial charge in [0, 0.05) is 43.6 Å². The summed E-state index contributed by atoms with van der Waals surface area (Å²) in [5.41, 5.74) is 6.34. The molecule has 0 radical (unpaired) electrons. The van der Waals surface area contributed by atoms with Gasteiger partial charge in [-0.1, -0.05) is 24.3 Å². The molecule has 0 aliphatic heterocycles. The van der Waals surface area contributed by atoms with Gasteiger partial charge in [-0.15, -0.1) is 0 Å². The summed E-state index contributed by atoms with van der Waals surface area (Å²) in [6, 6.07) is 11.2. The Balaban J connectivity index is 1.67. The summed E-state index contributed by atoms with van der Waals surface area (Å²) < 4.78 is 28.9. The van der Waals surface area contributed by atoms with Gasteiger partial charge in [0.05, 0.1) is 4.90 Å². The summed E-state index contributed by atoms with van der Waals surface area (Å²) >= 11 is 0. The molecule has 0 aromatic heterocycles. The first-order chi connectivity index (χ1) is 13.8. The molecule has 0 heterocycles. The van der Waals surface area contributed by atoms with E-state index in [0.29, 0.717) is 23.3 Å². The summed E-state index contributed by atoms with van der Waals surface area (Å²) in [7, 11) is 0.320. The lowest BCUT2D eigenvalue weighted by molar-refractivity contribution is 0.275. The van der Waals surface area contributed by atoms with Gasteiger partial charge < -0.3 is 16.0 Å². The first-order valence-corrected chi connectivity index (χ1v) is 11.5. The van der Waals surface area contributed by atoms with E-state index in [2.05, 4.69) is 10.0 Å². The van der Waals surface area contributed by atoms with Gasteiger partial charge in [-0.05, 0) is 49.7 Å². The van der Waals surface area contributed by atoms with Crippen LogP contribution >= 0.6 is 0 Å². The SMILES string of the molecule is CN(C)c1cccc2c(S(=O)(=O)NC[C@H]3CC[C@H](CNC(=N)N)CC3)cccc12. The van der Waals surface area contributed by atoms with Crippen LogP contribution in [0.25, 0.3) is 10.8 Å². The predicted molar refractivity (Wildman–Crippen MR) is 119 cm³/mol. The van der Waals surface area contributed by atoms with Crippen LogP contribution in [0.2, 0.25) is 0 Å². The Hall–Kier alpha value is -2.32. The molecule has 0 saturated heterocycles. The van der Waals surface area contributed by atoms with Crippen molar-refractivity contribution >= 4 is 32.4 Å². The molecule has 158 valence electrons. The summed E-state index contributed by atoms with van der Waals surface area (Å²) in [6.07, 6.45) is 4.00. The Morgan fingerprint density at radius 2 is 1.62 bits per heavy atom. The van der Waals surface area contributed by atoms with E-state index in [1.165, 1.54) is 0 Å². The van der Waals surface area contributed by atoms with E-state index in [9.17, 15) is 8.42 Å². The number of anilines is 1. The number of benzene rings is 2. The van der Waals surface area contributed by atoms with Crippen molar-refractivity contribution < 1.29 is 8.42 Å². The quantitative estimate of drug-likeness (QED) is 0.408. The third kappa shape index (κ3) is 5.19. The second-order valence-corrected chi connectivity index (χ2v) is 9.79. The van der Waals surface area contributed by atoms with E-state index in [-0.39, 0.29) is 5.96 Å². The molecule has 29 heavy (non-hydrogen) atoms. The second-order valence-electron chi connectivity index (χ2n) is 8.06. The number of nitrogens with two attached hydrogens (primary N) is 1. The van der Waals surface area contributed by atoms with Crippen LogP contribution in [0.3, 0.4) is 0 Å². The highest BCUT2D eigenvalue weighted by molar-refractivity contribution is 7.89. The first kappa shape index (κ1) is 21.4. The molecule has 1 saturated carbocycles. The number of nitrogens with zero attached hydrogens (tertiary/aromatic N) is 1. The van der Waals surface area contributed by atoms with Crippen molar-refractivity contribution in [3.8, 4) is 0 Å². The van der Waals surface area contributed by atoms with E-state index >= 15 is 0 Å². The van der Waals surface area contributed by atoms with Crippen LogP contribution in [-0.2, 0) is 10.0 Å². The smallest absolute Gasteiger partial charge is 0.241 e. The lowest BCUT2D eigenvalue weighted by Crippen LogP contribution is -2.37. The number of hydrogen-bond acceptors (Lipinski definition) is 4. The number of guanidine groups is 1. The topological polar surface area (TPSA) is 111 Å². The molecule has 7 nitrogen and oxygen atoms in total. The molecule has 0 atom stereocenters. The average Bonchev–Trinajstić information content (AvgIpc) is 2.70. The van der Waals surface area contributed by atoms with Gasteiger partial charge in [-0.25, -0.2) is 13.1 Å². The van der Waals surface area contributed by atoms with Gasteiger partial charge in [0.25, 0.3) is 0 Å². The molecular formula is C21H31N5O2S. The molecule has 1 aliphatic rings. The van der Waals surface area contributed by atoms with E-state index in [4.69, 9.17) is 11.1 Å². The molecule has 1 aliphatic carbocycles. The Labute approximate surface area is 173 Å². The van der Waals surface area contributed by atoms with Crippen LogP contribution < -0.4 is 20.7 Å². The second kappa shape index (κ2) is 9.00. The Morgan fingerprint density at radius 1 is 1.03 bits per heavy atom. The summed E-state index contributed by atoms with van der Waals surface area (Å²) in [6.45, 7) is 1.18.